The molecular weight excluding hydrogens is 288 g/mol. The molecule has 0 atom stereocenters. The summed E-state index contributed by atoms with van der Waals surface area (Å²) in [4.78, 5) is 5.93. The molecule has 0 bridgehead atoms. The number of aromatic nitrogens is 3. The van der Waals surface area contributed by atoms with Crippen molar-refractivity contribution in [3.05, 3.63) is 36.5 Å². The van der Waals surface area contributed by atoms with Crippen LogP contribution in [0.4, 0.5) is 20.3 Å². The number of benzene rings is 1. The molecule has 3 aromatic rings. The predicted octanol–water partition coefficient (Wildman–Crippen LogP) is 2.66. The SMILES string of the molecule is Nc1cc(N2CC(F)(F)C2)c2ccc(-c3ccn[nH]3)cc2n1. The molecule has 3 N–H and O–H groups in total. The number of nitrogens with one attached hydrogen (secondary N) is 1. The minimum Gasteiger partial charge on any atom is -0.384 e. The van der Waals surface area contributed by atoms with Gasteiger partial charge in [-0.1, -0.05) is 12.1 Å². The Balaban J connectivity index is 1.82. The zero-order valence-corrected chi connectivity index (χ0v) is 11.6. The fraction of sp³-hybridized carbons (Fsp3) is 0.200. The van der Waals surface area contributed by atoms with Gasteiger partial charge in [0.25, 0.3) is 5.92 Å². The highest BCUT2D eigenvalue weighted by molar-refractivity contribution is 5.95. The molecule has 1 saturated heterocycles. The van der Waals surface area contributed by atoms with Gasteiger partial charge in [0.2, 0.25) is 0 Å². The van der Waals surface area contributed by atoms with Gasteiger partial charge < -0.3 is 10.6 Å². The van der Waals surface area contributed by atoms with E-state index in [4.69, 9.17) is 5.73 Å². The van der Waals surface area contributed by atoms with Crippen LogP contribution in [-0.2, 0) is 0 Å². The summed E-state index contributed by atoms with van der Waals surface area (Å²) in [6, 6.07) is 9.16. The zero-order valence-electron chi connectivity index (χ0n) is 11.6. The molecule has 0 aliphatic carbocycles. The Morgan fingerprint density at radius 2 is 2.00 bits per heavy atom. The van der Waals surface area contributed by atoms with E-state index in [-0.39, 0.29) is 13.1 Å². The third kappa shape index (κ3) is 2.05. The monoisotopic (exact) mass is 301 g/mol. The molecule has 1 aliphatic heterocycles. The van der Waals surface area contributed by atoms with Crippen LogP contribution in [0, 0.1) is 0 Å². The van der Waals surface area contributed by atoms with E-state index in [9.17, 15) is 8.78 Å². The number of hydrogen-bond acceptors (Lipinski definition) is 4. The molecule has 22 heavy (non-hydrogen) atoms. The fourth-order valence-electron chi connectivity index (χ4n) is 2.76. The van der Waals surface area contributed by atoms with Crippen molar-refractivity contribution in [1.29, 1.82) is 0 Å². The molecule has 5 nitrogen and oxygen atoms in total. The minimum atomic E-state index is -2.62. The normalized spacial score (nSPS) is 16.7. The molecule has 1 fully saturated rings. The van der Waals surface area contributed by atoms with Crippen molar-refractivity contribution in [3.63, 3.8) is 0 Å². The zero-order chi connectivity index (χ0) is 15.3. The fourth-order valence-corrected chi connectivity index (χ4v) is 2.76. The molecule has 1 aromatic carbocycles. The smallest absolute Gasteiger partial charge is 0.282 e. The van der Waals surface area contributed by atoms with Crippen LogP contribution >= 0.6 is 0 Å². The molecule has 0 spiro atoms. The minimum absolute atomic E-state index is 0.284. The summed E-state index contributed by atoms with van der Waals surface area (Å²) < 4.78 is 26.2. The van der Waals surface area contributed by atoms with Crippen molar-refractivity contribution in [2.75, 3.05) is 23.7 Å². The first-order valence-electron chi connectivity index (χ1n) is 6.85. The summed E-state index contributed by atoms with van der Waals surface area (Å²) in [5.74, 6) is -2.31. The first-order chi connectivity index (χ1) is 10.5. The maximum Gasteiger partial charge on any atom is 0.282 e. The Hall–Kier alpha value is -2.70. The Bertz CT molecular complexity index is 837. The molecule has 3 heterocycles. The molecular formula is C15H13F2N5. The number of halogens is 2. The molecule has 112 valence electrons. The second kappa shape index (κ2) is 4.40. The van der Waals surface area contributed by atoms with Crippen LogP contribution in [0.2, 0.25) is 0 Å². The molecule has 4 rings (SSSR count). The van der Waals surface area contributed by atoms with E-state index in [1.54, 1.807) is 17.2 Å². The molecule has 0 unspecified atom stereocenters. The third-order valence-corrected chi connectivity index (χ3v) is 3.80. The summed E-state index contributed by atoms with van der Waals surface area (Å²) in [6.07, 6.45) is 1.67. The predicted molar refractivity (Wildman–Crippen MR) is 80.9 cm³/mol. The standard InChI is InChI=1S/C15H13F2N5/c16-15(17)7-22(8-15)13-6-14(18)20-12-5-9(1-2-10(12)13)11-3-4-19-21-11/h1-6H,7-8H2,(H2,18,20)(H,19,21). The highest BCUT2D eigenvalue weighted by Crippen LogP contribution is 2.37. The summed E-state index contributed by atoms with van der Waals surface area (Å²) in [5, 5.41) is 7.62. The maximum atomic E-state index is 13.1. The quantitative estimate of drug-likeness (QED) is 0.763. The van der Waals surface area contributed by atoms with Crippen molar-refractivity contribution in [1.82, 2.24) is 15.2 Å². The van der Waals surface area contributed by atoms with E-state index < -0.39 is 5.92 Å². The number of nitrogen functional groups attached to an aromatic ring is 1. The summed E-state index contributed by atoms with van der Waals surface area (Å²) in [6.45, 7) is -0.568. The van der Waals surface area contributed by atoms with Gasteiger partial charge >= 0.3 is 0 Å². The Kier molecular flexibility index (Phi) is 2.60. The van der Waals surface area contributed by atoms with Gasteiger partial charge in [0.15, 0.2) is 0 Å². The number of alkyl halides is 2. The number of aromatic amines is 1. The lowest BCUT2D eigenvalue weighted by Crippen LogP contribution is -2.56. The third-order valence-electron chi connectivity index (χ3n) is 3.80. The van der Waals surface area contributed by atoms with Crippen LogP contribution in [-0.4, -0.2) is 34.2 Å². The van der Waals surface area contributed by atoms with Gasteiger partial charge in [0.05, 0.1) is 30.0 Å². The maximum absolute atomic E-state index is 13.1. The van der Waals surface area contributed by atoms with Crippen molar-refractivity contribution in [3.8, 4) is 11.3 Å². The summed E-state index contributed by atoms with van der Waals surface area (Å²) >= 11 is 0. The van der Waals surface area contributed by atoms with Gasteiger partial charge in [-0.15, -0.1) is 0 Å². The number of rotatable bonds is 2. The van der Waals surface area contributed by atoms with Gasteiger partial charge in [-0.05, 0) is 12.1 Å². The van der Waals surface area contributed by atoms with Gasteiger partial charge in [-0.25, -0.2) is 13.8 Å². The Morgan fingerprint density at radius 3 is 2.68 bits per heavy atom. The Labute approximate surface area is 124 Å². The van der Waals surface area contributed by atoms with E-state index in [1.807, 2.05) is 24.3 Å². The van der Waals surface area contributed by atoms with E-state index in [1.165, 1.54) is 0 Å². The molecule has 1 aliphatic rings. The second-order valence-electron chi connectivity index (χ2n) is 5.48. The van der Waals surface area contributed by atoms with Gasteiger partial charge in [0.1, 0.15) is 5.82 Å². The van der Waals surface area contributed by atoms with Crippen molar-refractivity contribution in [2.45, 2.75) is 5.92 Å². The van der Waals surface area contributed by atoms with Crippen LogP contribution in [0.5, 0.6) is 0 Å². The molecule has 7 heteroatoms. The number of nitrogens with zero attached hydrogens (tertiary/aromatic N) is 3. The summed E-state index contributed by atoms with van der Waals surface area (Å²) in [7, 11) is 0. The van der Waals surface area contributed by atoms with Gasteiger partial charge in [0, 0.05) is 23.2 Å². The number of pyridine rings is 1. The van der Waals surface area contributed by atoms with Crippen LogP contribution in [0.25, 0.3) is 22.2 Å². The average Bonchev–Trinajstić information content (AvgIpc) is 2.97. The van der Waals surface area contributed by atoms with Crippen LogP contribution < -0.4 is 10.6 Å². The lowest BCUT2D eigenvalue weighted by atomic mass is 10.0. The highest BCUT2D eigenvalue weighted by Gasteiger charge is 2.44. The van der Waals surface area contributed by atoms with E-state index >= 15 is 0 Å². The molecule has 2 aromatic heterocycles. The average molecular weight is 301 g/mol. The highest BCUT2D eigenvalue weighted by atomic mass is 19.3. The van der Waals surface area contributed by atoms with Crippen molar-refractivity contribution < 1.29 is 8.78 Å². The van der Waals surface area contributed by atoms with Crippen LogP contribution in [0.1, 0.15) is 0 Å². The topological polar surface area (TPSA) is 70.8 Å². The second-order valence-corrected chi connectivity index (χ2v) is 5.48. The number of H-pyrrole nitrogens is 1. The lowest BCUT2D eigenvalue weighted by Gasteiger charge is -2.41. The van der Waals surface area contributed by atoms with Gasteiger partial charge in [-0.2, -0.15) is 5.10 Å². The first kappa shape index (κ1) is 13.0. The number of nitrogens with two attached hydrogens (primary N) is 1. The van der Waals surface area contributed by atoms with E-state index in [2.05, 4.69) is 15.2 Å². The van der Waals surface area contributed by atoms with Crippen molar-refractivity contribution >= 4 is 22.4 Å². The largest absolute Gasteiger partial charge is 0.384 e. The number of fused-ring (bicyclic) bond motifs is 1. The van der Waals surface area contributed by atoms with Gasteiger partial charge in [-0.3, -0.25) is 5.10 Å². The van der Waals surface area contributed by atoms with E-state index in [0.29, 0.717) is 17.0 Å². The molecule has 0 radical (unpaired) electrons. The number of anilines is 2. The first-order valence-corrected chi connectivity index (χ1v) is 6.85. The van der Waals surface area contributed by atoms with Crippen molar-refractivity contribution in [2.24, 2.45) is 0 Å². The Morgan fingerprint density at radius 1 is 1.18 bits per heavy atom. The lowest BCUT2D eigenvalue weighted by molar-refractivity contribution is -0.0261. The number of hydrogen-bond donors (Lipinski definition) is 2. The van der Waals surface area contributed by atoms with Crippen LogP contribution in [0.15, 0.2) is 36.5 Å². The van der Waals surface area contributed by atoms with E-state index in [0.717, 1.165) is 16.6 Å². The molecule has 0 amide bonds. The van der Waals surface area contributed by atoms with Crippen LogP contribution in [0.3, 0.4) is 0 Å². The summed E-state index contributed by atoms with van der Waals surface area (Å²) in [5.41, 5.74) is 8.99. The molecule has 0 saturated carbocycles.